The SMILES string of the molecule is CCNC(=NCc1cc(CC)no1)NC1CCN(Cc2ccsc2)CC1.I. The van der Waals surface area contributed by atoms with E-state index in [0.29, 0.717) is 12.6 Å². The van der Waals surface area contributed by atoms with Crippen molar-refractivity contribution in [3.8, 4) is 0 Å². The van der Waals surface area contributed by atoms with E-state index >= 15 is 0 Å². The van der Waals surface area contributed by atoms with Crippen LogP contribution in [0.25, 0.3) is 0 Å². The Hall–Kier alpha value is -1.13. The summed E-state index contributed by atoms with van der Waals surface area (Å²) >= 11 is 1.77. The first-order chi connectivity index (χ1) is 12.8. The predicted octanol–water partition coefficient (Wildman–Crippen LogP) is 3.64. The summed E-state index contributed by atoms with van der Waals surface area (Å²) in [4.78, 5) is 7.19. The topological polar surface area (TPSA) is 65.7 Å². The maximum absolute atomic E-state index is 5.32. The van der Waals surface area contributed by atoms with Gasteiger partial charge in [-0.2, -0.15) is 11.3 Å². The van der Waals surface area contributed by atoms with E-state index in [1.165, 1.54) is 5.56 Å². The first-order valence-corrected chi connectivity index (χ1v) is 10.4. The van der Waals surface area contributed by atoms with Gasteiger partial charge in [0, 0.05) is 38.3 Å². The number of thiophene rings is 1. The van der Waals surface area contributed by atoms with Gasteiger partial charge < -0.3 is 15.2 Å². The standard InChI is InChI=1S/C19H29N5OS.HI/c1-3-16-11-18(25-23-16)12-21-19(20-4-2)22-17-5-8-24(9-6-17)13-15-7-10-26-14-15;/h7,10-11,14,17H,3-6,8-9,12-13H2,1-2H3,(H2,20,21,22);1H. The molecule has 1 aliphatic heterocycles. The number of piperidine rings is 1. The number of nitrogens with zero attached hydrogens (tertiary/aromatic N) is 3. The van der Waals surface area contributed by atoms with Crippen molar-refractivity contribution in [2.75, 3.05) is 19.6 Å². The normalized spacial score (nSPS) is 16.1. The molecule has 3 heterocycles. The maximum atomic E-state index is 5.32. The third kappa shape index (κ3) is 7.08. The van der Waals surface area contributed by atoms with E-state index in [4.69, 9.17) is 4.52 Å². The number of hydrogen-bond acceptors (Lipinski definition) is 5. The summed E-state index contributed by atoms with van der Waals surface area (Å²) in [6.45, 7) is 8.82. The van der Waals surface area contributed by atoms with E-state index < -0.39 is 0 Å². The summed E-state index contributed by atoms with van der Waals surface area (Å²) in [5.41, 5.74) is 2.40. The summed E-state index contributed by atoms with van der Waals surface area (Å²) in [5, 5.41) is 15.3. The second-order valence-electron chi connectivity index (χ2n) is 6.66. The molecule has 0 radical (unpaired) electrons. The number of aliphatic imine (C=N–C) groups is 1. The zero-order valence-electron chi connectivity index (χ0n) is 16.1. The zero-order valence-corrected chi connectivity index (χ0v) is 19.3. The number of guanidine groups is 1. The van der Waals surface area contributed by atoms with Gasteiger partial charge in [-0.1, -0.05) is 12.1 Å². The summed E-state index contributed by atoms with van der Waals surface area (Å²) in [6.07, 6.45) is 3.16. The number of hydrogen-bond donors (Lipinski definition) is 2. The number of halogens is 1. The van der Waals surface area contributed by atoms with Crippen molar-refractivity contribution in [1.82, 2.24) is 20.7 Å². The maximum Gasteiger partial charge on any atom is 0.191 e. The highest BCUT2D eigenvalue weighted by Gasteiger charge is 2.20. The fraction of sp³-hybridized carbons (Fsp3) is 0.579. The lowest BCUT2D eigenvalue weighted by molar-refractivity contribution is 0.198. The van der Waals surface area contributed by atoms with Crippen molar-refractivity contribution in [3.05, 3.63) is 39.9 Å². The zero-order chi connectivity index (χ0) is 18.2. The molecule has 0 aromatic carbocycles. The van der Waals surface area contributed by atoms with Crippen LogP contribution in [-0.4, -0.2) is 41.7 Å². The minimum absolute atomic E-state index is 0. The van der Waals surface area contributed by atoms with Crippen molar-refractivity contribution in [3.63, 3.8) is 0 Å². The molecule has 0 spiro atoms. The van der Waals surface area contributed by atoms with Crippen LogP contribution >= 0.6 is 35.3 Å². The van der Waals surface area contributed by atoms with E-state index in [9.17, 15) is 0 Å². The molecule has 0 amide bonds. The Morgan fingerprint density at radius 1 is 1.37 bits per heavy atom. The lowest BCUT2D eigenvalue weighted by Crippen LogP contribution is -2.48. The van der Waals surface area contributed by atoms with E-state index in [1.54, 1.807) is 11.3 Å². The average molecular weight is 503 g/mol. The van der Waals surface area contributed by atoms with Gasteiger partial charge in [-0.15, -0.1) is 24.0 Å². The molecule has 27 heavy (non-hydrogen) atoms. The average Bonchev–Trinajstić information content (AvgIpc) is 3.33. The molecule has 150 valence electrons. The van der Waals surface area contributed by atoms with Gasteiger partial charge in [0.2, 0.25) is 0 Å². The van der Waals surface area contributed by atoms with Crippen LogP contribution in [0.2, 0.25) is 0 Å². The van der Waals surface area contributed by atoms with Gasteiger partial charge in [0.1, 0.15) is 6.54 Å². The number of aryl methyl sites for hydroxylation is 1. The van der Waals surface area contributed by atoms with Crippen molar-refractivity contribution >= 4 is 41.3 Å². The summed E-state index contributed by atoms with van der Waals surface area (Å²) in [5.74, 6) is 1.67. The molecule has 3 rings (SSSR count). The van der Waals surface area contributed by atoms with Crippen molar-refractivity contribution in [2.45, 2.75) is 52.2 Å². The van der Waals surface area contributed by atoms with Crippen LogP contribution in [0.4, 0.5) is 0 Å². The van der Waals surface area contributed by atoms with Gasteiger partial charge in [-0.25, -0.2) is 4.99 Å². The van der Waals surface area contributed by atoms with E-state index in [0.717, 1.165) is 62.9 Å². The molecule has 0 atom stereocenters. The monoisotopic (exact) mass is 503 g/mol. The number of rotatable bonds is 7. The molecule has 0 bridgehead atoms. The fourth-order valence-corrected chi connectivity index (χ4v) is 3.80. The van der Waals surface area contributed by atoms with Crippen molar-refractivity contribution in [2.24, 2.45) is 4.99 Å². The molecule has 2 aromatic heterocycles. The minimum Gasteiger partial charge on any atom is -0.359 e. The van der Waals surface area contributed by atoms with E-state index in [1.807, 2.05) is 6.07 Å². The quantitative estimate of drug-likeness (QED) is 0.343. The third-order valence-corrected chi connectivity index (χ3v) is 5.35. The molecule has 0 aliphatic carbocycles. The molecular formula is C19H30IN5OS. The van der Waals surface area contributed by atoms with Crippen LogP contribution in [0.1, 0.15) is 43.7 Å². The Kier molecular flexibility index (Phi) is 9.57. The smallest absolute Gasteiger partial charge is 0.191 e. The minimum atomic E-state index is 0. The molecular weight excluding hydrogens is 473 g/mol. The summed E-state index contributed by atoms with van der Waals surface area (Å²) in [7, 11) is 0. The molecule has 8 heteroatoms. The lowest BCUT2D eigenvalue weighted by atomic mass is 10.0. The molecule has 2 N–H and O–H groups in total. The van der Waals surface area contributed by atoms with Crippen LogP contribution in [0.5, 0.6) is 0 Å². The molecule has 1 aliphatic rings. The first-order valence-electron chi connectivity index (χ1n) is 9.49. The molecule has 0 unspecified atom stereocenters. The molecule has 1 saturated heterocycles. The summed E-state index contributed by atoms with van der Waals surface area (Å²) < 4.78 is 5.32. The Bertz CT molecular complexity index is 680. The van der Waals surface area contributed by atoms with Crippen LogP contribution in [0.3, 0.4) is 0 Å². The Balaban J connectivity index is 0.00000261. The largest absolute Gasteiger partial charge is 0.359 e. The fourth-order valence-electron chi connectivity index (χ4n) is 3.14. The van der Waals surface area contributed by atoms with Gasteiger partial charge in [-0.05, 0) is 48.6 Å². The molecule has 0 saturated carbocycles. The summed E-state index contributed by atoms with van der Waals surface area (Å²) in [6, 6.07) is 4.67. The number of likely N-dealkylation sites (tertiary alicyclic amines) is 1. The molecule has 1 fully saturated rings. The second-order valence-corrected chi connectivity index (χ2v) is 7.44. The highest BCUT2D eigenvalue weighted by Crippen LogP contribution is 2.15. The highest BCUT2D eigenvalue weighted by atomic mass is 127. The van der Waals surface area contributed by atoms with Gasteiger partial charge in [0.05, 0.1) is 5.69 Å². The van der Waals surface area contributed by atoms with E-state index in [2.05, 4.69) is 56.4 Å². The van der Waals surface area contributed by atoms with Crippen molar-refractivity contribution in [1.29, 1.82) is 0 Å². The van der Waals surface area contributed by atoms with Crippen LogP contribution in [0.15, 0.2) is 32.4 Å². The number of aromatic nitrogens is 1. The lowest BCUT2D eigenvalue weighted by Gasteiger charge is -2.32. The van der Waals surface area contributed by atoms with Crippen LogP contribution < -0.4 is 10.6 Å². The molecule has 2 aromatic rings. The number of nitrogens with one attached hydrogen (secondary N) is 2. The van der Waals surface area contributed by atoms with Gasteiger partial charge in [0.25, 0.3) is 0 Å². The van der Waals surface area contributed by atoms with Gasteiger partial charge >= 0.3 is 0 Å². The van der Waals surface area contributed by atoms with Crippen molar-refractivity contribution < 1.29 is 4.52 Å². The molecule has 6 nitrogen and oxygen atoms in total. The predicted molar refractivity (Wildman–Crippen MR) is 122 cm³/mol. The van der Waals surface area contributed by atoms with Crippen LogP contribution in [-0.2, 0) is 19.5 Å². The van der Waals surface area contributed by atoms with E-state index in [-0.39, 0.29) is 24.0 Å². The van der Waals surface area contributed by atoms with Gasteiger partial charge in [-0.3, -0.25) is 4.90 Å². The first kappa shape index (κ1) is 22.2. The van der Waals surface area contributed by atoms with Gasteiger partial charge in [0.15, 0.2) is 11.7 Å². The second kappa shape index (κ2) is 11.7. The highest BCUT2D eigenvalue weighted by molar-refractivity contribution is 14.0. The Morgan fingerprint density at radius 2 is 2.19 bits per heavy atom. The third-order valence-electron chi connectivity index (χ3n) is 4.62. The van der Waals surface area contributed by atoms with Crippen LogP contribution in [0, 0.1) is 0 Å². The Morgan fingerprint density at radius 3 is 2.81 bits per heavy atom. The Labute approximate surface area is 182 Å².